The van der Waals surface area contributed by atoms with Gasteiger partial charge in [-0.3, -0.25) is 9.59 Å². The van der Waals surface area contributed by atoms with E-state index in [1.165, 1.54) is 23.2 Å². The van der Waals surface area contributed by atoms with E-state index in [1.807, 2.05) is 0 Å². The van der Waals surface area contributed by atoms with E-state index in [0.717, 1.165) is 6.07 Å². The van der Waals surface area contributed by atoms with E-state index < -0.39 is 35.0 Å². The summed E-state index contributed by atoms with van der Waals surface area (Å²) in [7, 11) is 0. The highest BCUT2D eigenvalue weighted by Crippen LogP contribution is 2.44. The topological polar surface area (TPSA) is 89.9 Å². The van der Waals surface area contributed by atoms with Crippen LogP contribution in [-0.4, -0.2) is 46.8 Å². The maximum Gasteiger partial charge on any atom is 0.333 e. The van der Waals surface area contributed by atoms with Gasteiger partial charge >= 0.3 is 5.97 Å². The molecule has 5 rings (SSSR count). The smallest absolute Gasteiger partial charge is 0.333 e. The first-order chi connectivity index (χ1) is 16.1. The Balaban J connectivity index is 1.50. The molecule has 0 radical (unpaired) electrons. The lowest BCUT2D eigenvalue weighted by atomic mass is 9.82. The number of hydrogen-bond acceptors (Lipinski definition) is 6. The number of carbonyl (C=O) groups is 3. The molecule has 34 heavy (non-hydrogen) atoms. The standard InChI is InChI=1S/C24H22F3N3O4/c1-12-6-19(31)24(20(12)32)4-5-29(11-24)22-17(27)8-13-7-14(23(33)34)10-30(21(13)28-22)18-3-2-15(25)9-16(18)26/h2-3,8-10,12,21,28H,4-7,11H2,1H3,(H,33,34). The largest absolute Gasteiger partial charge is 0.478 e. The van der Waals surface area contributed by atoms with Gasteiger partial charge in [-0.15, -0.1) is 0 Å². The average Bonchev–Trinajstić information content (AvgIpc) is 3.31. The average molecular weight is 473 g/mol. The van der Waals surface area contributed by atoms with Gasteiger partial charge in [0.25, 0.3) is 0 Å². The fourth-order valence-electron chi connectivity index (χ4n) is 5.38. The van der Waals surface area contributed by atoms with Crippen molar-refractivity contribution in [2.75, 3.05) is 18.0 Å². The number of fused-ring (bicyclic) bond motifs is 1. The van der Waals surface area contributed by atoms with Gasteiger partial charge < -0.3 is 20.2 Å². The number of carboxylic acid groups (broad SMARTS) is 1. The van der Waals surface area contributed by atoms with Crippen LogP contribution in [0.25, 0.3) is 0 Å². The van der Waals surface area contributed by atoms with Crippen molar-refractivity contribution in [3.05, 3.63) is 64.9 Å². The van der Waals surface area contributed by atoms with E-state index in [1.54, 1.807) is 11.8 Å². The molecule has 1 saturated carbocycles. The number of Topliss-reactive ketones (excluding diaryl/α,β-unsaturated/α-hetero) is 2. The van der Waals surface area contributed by atoms with E-state index in [9.17, 15) is 28.3 Å². The fraction of sp³-hybridized carbons (Fsp3) is 0.375. The number of dihydropyridines is 1. The van der Waals surface area contributed by atoms with Crippen molar-refractivity contribution in [2.45, 2.75) is 32.4 Å². The van der Waals surface area contributed by atoms with E-state index in [2.05, 4.69) is 5.32 Å². The van der Waals surface area contributed by atoms with Gasteiger partial charge in [0, 0.05) is 44.1 Å². The molecular formula is C24H22F3N3O4. The van der Waals surface area contributed by atoms with Crippen LogP contribution in [0.1, 0.15) is 26.2 Å². The quantitative estimate of drug-likeness (QED) is 0.653. The predicted octanol–water partition coefficient (Wildman–Crippen LogP) is 3.01. The number of carboxylic acids is 1. The molecule has 7 nitrogen and oxygen atoms in total. The molecule has 3 heterocycles. The van der Waals surface area contributed by atoms with Gasteiger partial charge in [-0.1, -0.05) is 6.92 Å². The highest BCUT2D eigenvalue weighted by Gasteiger charge is 2.57. The van der Waals surface area contributed by atoms with Crippen LogP contribution in [0.3, 0.4) is 0 Å². The van der Waals surface area contributed by atoms with E-state index >= 15 is 4.39 Å². The van der Waals surface area contributed by atoms with E-state index in [-0.39, 0.29) is 66.9 Å². The van der Waals surface area contributed by atoms with Crippen molar-refractivity contribution in [1.29, 1.82) is 0 Å². The minimum absolute atomic E-state index is 0.0434. The molecule has 10 heteroatoms. The first-order valence-electron chi connectivity index (χ1n) is 11.0. The maximum absolute atomic E-state index is 15.2. The first-order valence-corrected chi connectivity index (χ1v) is 11.0. The number of rotatable bonds is 3. The molecule has 0 aromatic heterocycles. The Bertz CT molecular complexity index is 1220. The van der Waals surface area contributed by atoms with Crippen molar-refractivity contribution >= 4 is 23.2 Å². The molecule has 2 N–H and O–H groups in total. The Morgan fingerprint density at radius 2 is 2.00 bits per heavy atom. The van der Waals surface area contributed by atoms with Gasteiger partial charge in [-0.2, -0.15) is 0 Å². The third-order valence-corrected chi connectivity index (χ3v) is 7.12. The number of allylic oxidation sites excluding steroid dienone is 2. The molecule has 1 saturated heterocycles. The molecule has 1 aliphatic carbocycles. The van der Waals surface area contributed by atoms with Crippen LogP contribution < -0.4 is 10.2 Å². The highest BCUT2D eigenvalue weighted by molar-refractivity contribution is 6.14. The second-order valence-corrected chi connectivity index (χ2v) is 9.25. The molecule has 1 spiro atoms. The molecule has 4 aliphatic rings. The van der Waals surface area contributed by atoms with E-state index in [0.29, 0.717) is 11.6 Å². The number of likely N-dealkylation sites (tertiary alicyclic amines) is 1. The lowest BCUT2D eigenvalue weighted by Gasteiger charge is -2.41. The number of nitrogens with zero attached hydrogens (tertiary/aromatic N) is 2. The summed E-state index contributed by atoms with van der Waals surface area (Å²) in [5.41, 5.74) is -0.969. The molecule has 3 atom stereocenters. The molecular weight excluding hydrogens is 451 g/mol. The van der Waals surface area contributed by atoms with Gasteiger partial charge in [0.2, 0.25) is 0 Å². The van der Waals surface area contributed by atoms with Crippen molar-refractivity contribution < 1.29 is 32.7 Å². The van der Waals surface area contributed by atoms with Gasteiger partial charge in [0.1, 0.15) is 34.8 Å². The summed E-state index contributed by atoms with van der Waals surface area (Å²) in [6, 6.07) is 2.92. The summed E-state index contributed by atoms with van der Waals surface area (Å²) >= 11 is 0. The second kappa shape index (κ2) is 7.75. The van der Waals surface area contributed by atoms with Gasteiger partial charge in [-0.05, 0) is 30.2 Å². The number of carbonyl (C=O) groups excluding carboxylic acids is 2. The SMILES string of the molecule is CC1CC(=O)C2(CCN(C3=C(F)C=C4CC(C(=O)O)=CN(c5ccc(F)cc5F)C4N3)C2)C1=O. The number of anilines is 1. The Labute approximate surface area is 193 Å². The monoisotopic (exact) mass is 473 g/mol. The van der Waals surface area contributed by atoms with Crippen LogP contribution in [0.2, 0.25) is 0 Å². The van der Waals surface area contributed by atoms with Gasteiger partial charge in [0.15, 0.2) is 11.6 Å². The summed E-state index contributed by atoms with van der Waals surface area (Å²) in [4.78, 5) is 39.9. The van der Waals surface area contributed by atoms with Gasteiger partial charge in [0.05, 0.1) is 11.3 Å². The first kappa shape index (κ1) is 22.2. The van der Waals surface area contributed by atoms with Crippen LogP contribution in [-0.2, 0) is 14.4 Å². The molecule has 1 aromatic carbocycles. The predicted molar refractivity (Wildman–Crippen MR) is 115 cm³/mol. The van der Waals surface area contributed by atoms with Crippen LogP contribution >= 0.6 is 0 Å². The van der Waals surface area contributed by atoms with Crippen molar-refractivity contribution in [3.63, 3.8) is 0 Å². The van der Waals surface area contributed by atoms with Crippen LogP contribution in [0.15, 0.2) is 53.3 Å². The fourth-order valence-corrected chi connectivity index (χ4v) is 5.38. The molecule has 0 bridgehead atoms. The Kier molecular flexibility index (Phi) is 5.07. The van der Waals surface area contributed by atoms with Crippen molar-refractivity contribution in [3.8, 4) is 0 Å². The molecule has 178 valence electrons. The lowest BCUT2D eigenvalue weighted by Crippen LogP contribution is -2.52. The molecule has 0 amide bonds. The minimum atomic E-state index is -1.24. The van der Waals surface area contributed by atoms with Crippen LogP contribution in [0.5, 0.6) is 0 Å². The number of benzene rings is 1. The molecule has 3 unspecified atom stereocenters. The molecule has 2 fully saturated rings. The third-order valence-electron chi connectivity index (χ3n) is 7.12. The number of aliphatic carboxylic acids is 1. The zero-order chi connectivity index (χ0) is 24.4. The number of nitrogens with one attached hydrogen (secondary N) is 1. The minimum Gasteiger partial charge on any atom is -0.478 e. The summed E-state index contributed by atoms with van der Waals surface area (Å²) in [5, 5.41) is 12.5. The zero-order valence-corrected chi connectivity index (χ0v) is 18.3. The number of hydrogen-bond donors (Lipinski definition) is 2. The highest BCUT2D eigenvalue weighted by atomic mass is 19.1. The molecule has 3 aliphatic heterocycles. The lowest BCUT2D eigenvalue weighted by molar-refractivity contribution is -0.135. The van der Waals surface area contributed by atoms with Crippen molar-refractivity contribution in [1.82, 2.24) is 10.2 Å². The number of ketones is 2. The zero-order valence-electron chi connectivity index (χ0n) is 18.3. The summed E-state index contributed by atoms with van der Waals surface area (Å²) in [6.07, 6.45) is 1.98. The normalized spacial score (nSPS) is 28.8. The van der Waals surface area contributed by atoms with Crippen molar-refractivity contribution in [2.24, 2.45) is 11.3 Å². The Morgan fingerprint density at radius 3 is 2.65 bits per heavy atom. The van der Waals surface area contributed by atoms with E-state index in [4.69, 9.17) is 0 Å². The summed E-state index contributed by atoms with van der Waals surface area (Å²) in [6.45, 7) is 2.04. The Morgan fingerprint density at radius 1 is 1.24 bits per heavy atom. The molecule has 1 aromatic rings. The number of halogens is 3. The maximum atomic E-state index is 15.2. The van der Waals surface area contributed by atoms with Crippen LogP contribution in [0, 0.1) is 23.0 Å². The second-order valence-electron chi connectivity index (χ2n) is 9.25. The third kappa shape index (κ3) is 3.31. The van der Waals surface area contributed by atoms with Crippen LogP contribution in [0.4, 0.5) is 18.9 Å². The summed E-state index contributed by atoms with van der Waals surface area (Å²) < 4.78 is 43.4. The van der Waals surface area contributed by atoms with Gasteiger partial charge in [-0.25, -0.2) is 18.0 Å². The Hall–Kier alpha value is -3.56. The summed E-state index contributed by atoms with van der Waals surface area (Å²) in [5.74, 6) is -4.19.